The van der Waals surface area contributed by atoms with Gasteiger partial charge >= 0.3 is 0 Å². The minimum Gasteiger partial charge on any atom is -0.342 e. The molecule has 2 N–H and O–H groups in total. The van der Waals surface area contributed by atoms with Crippen molar-refractivity contribution >= 4 is 18.3 Å². The highest BCUT2D eigenvalue weighted by molar-refractivity contribution is 5.85. The Hall–Kier alpha value is -1.20. The normalized spacial score (nSPS) is 34.9. The predicted octanol–water partition coefficient (Wildman–Crippen LogP) is 2.69. The van der Waals surface area contributed by atoms with E-state index in [0.717, 1.165) is 38.1 Å². The molecule has 4 rings (SSSR count). The lowest BCUT2D eigenvalue weighted by atomic mass is 9.98. The van der Waals surface area contributed by atoms with Gasteiger partial charge in [-0.1, -0.05) is 0 Å². The SMILES string of the molecule is Cl.NC1CCC2CN(C(=O)C3CC3c3cc(F)ccc3F)CC12. The molecule has 5 unspecified atom stereocenters. The van der Waals surface area contributed by atoms with Crippen LogP contribution in [0.3, 0.4) is 0 Å². The van der Waals surface area contributed by atoms with Crippen molar-refractivity contribution in [1.29, 1.82) is 0 Å². The summed E-state index contributed by atoms with van der Waals surface area (Å²) in [5, 5.41) is 0. The highest BCUT2D eigenvalue weighted by Gasteiger charge is 2.50. The molecule has 1 aromatic carbocycles. The van der Waals surface area contributed by atoms with E-state index in [2.05, 4.69) is 0 Å². The standard InChI is InChI=1S/C17H20F2N2O.ClH/c18-10-2-3-15(19)12(5-10)11-6-13(11)17(22)21-7-9-1-4-16(20)14(9)8-21;/h2-3,5,9,11,13-14,16H,1,4,6-8,20H2;1H. The first-order chi connectivity index (χ1) is 10.5. The van der Waals surface area contributed by atoms with Gasteiger partial charge in [-0.25, -0.2) is 8.78 Å². The molecule has 0 radical (unpaired) electrons. The molecule has 0 bridgehead atoms. The van der Waals surface area contributed by atoms with Gasteiger partial charge in [-0.05, 0) is 60.8 Å². The molecular formula is C17H21ClF2N2O. The van der Waals surface area contributed by atoms with Gasteiger partial charge in [0.25, 0.3) is 0 Å². The Bertz CT molecular complexity index is 627. The molecule has 3 nitrogen and oxygen atoms in total. The average molecular weight is 343 g/mol. The number of amides is 1. The maximum atomic E-state index is 13.8. The summed E-state index contributed by atoms with van der Waals surface area (Å²) in [7, 11) is 0. The van der Waals surface area contributed by atoms with Crippen molar-refractivity contribution < 1.29 is 13.6 Å². The van der Waals surface area contributed by atoms with Crippen molar-refractivity contribution in [2.75, 3.05) is 13.1 Å². The first-order valence-electron chi connectivity index (χ1n) is 8.04. The summed E-state index contributed by atoms with van der Waals surface area (Å²) in [6, 6.07) is 3.69. The van der Waals surface area contributed by atoms with Gasteiger partial charge in [-0.3, -0.25) is 4.79 Å². The molecule has 1 heterocycles. The molecule has 6 heteroatoms. The maximum Gasteiger partial charge on any atom is 0.226 e. The second-order valence-electron chi connectivity index (χ2n) is 7.02. The summed E-state index contributed by atoms with van der Waals surface area (Å²) >= 11 is 0. The summed E-state index contributed by atoms with van der Waals surface area (Å²) in [4.78, 5) is 14.5. The van der Waals surface area contributed by atoms with Crippen LogP contribution in [0.4, 0.5) is 8.78 Å². The summed E-state index contributed by atoms with van der Waals surface area (Å²) in [6.07, 6.45) is 2.78. The lowest BCUT2D eigenvalue weighted by molar-refractivity contribution is -0.131. The lowest BCUT2D eigenvalue weighted by Gasteiger charge is -2.19. The Morgan fingerprint density at radius 1 is 1.22 bits per heavy atom. The number of fused-ring (bicyclic) bond motifs is 1. The van der Waals surface area contributed by atoms with Crippen LogP contribution in [-0.4, -0.2) is 29.9 Å². The van der Waals surface area contributed by atoms with E-state index in [0.29, 0.717) is 23.8 Å². The van der Waals surface area contributed by atoms with Crippen molar-refractivity contribution in [2.45, 2.75) is 31.2 Å². The van der Waals surface area contributed by atoms with Gasteiger partial charge in [-0.15, -0.1) is 12.4 Å². The van der Waals surface area contributed by atoms with E-state index in [-0.39, 0.29) is 36.2 Å². The third-order valence-corrected chi connectivity index (χ3v) is 5.69. The molecule has 23 heavy (non-hydrogen) atoms. The number of likely N-dealkylation sites (tertiary alicyclic amines) is 1. The summed E-state index contributed by atoms with van der Waals surface area (Å²) in [5.41, 5.74) is 6.44. The Morgan fingerprint density at radius 2 is 2.00 bits per heavy atom. The van der Waals surface area contributed by atoms with Gasteiger partial charge in [0.15, 0.2) is 0 Å². The zero-order valence-corrected chi connectivity index (χ0v) is 13.6. The molecule has 1 aliphatic heterocycles. The molecule has 0 spiro atoms. The van der Waals surface area contributed by atoms with Gasteiger partial charge in [-0.2, -0.15) is 0 Å². The van der Waals surface area contributed by atoms with Crippen LogP contribution in [0.1, 0.15) is 30.7 Å². The van der Waals surface area contributed by atoms with Gasteiger partial charge < -0.3 is 10.6 Å². The fourth-order valence-electron chi connectivity index (χ4n) is 4.33. The van der Waals surface area contributed by atoms with E-state index in [1.54, 1.807) is 0 Å². The molecule has 2 saturated carbocycles. The first kappa shape index (κ1) is 16.7. The molecule has 0 aromatic heterocycles. The number of halogens is 3. The van der Waals surface area contributed by atoms with Crippen molar-refractivity contribution in [3.63, 3.8) is 0 Å². The maximum absolute atomic E-state index is 13.8. The van der Waals surface area contributed by atoms with E-state index in [4.69, 9.17) is 5.73 Å². The average Bonchev–Trinajstić information content (AvgIpc) is 3.05. The van der Waals surface area contributed by atoms with Crippen molar-refractivity contribution in [3.8, 4) is 0 Å². The van der Waals surface area contributed by atoms with E-state index < -0.39 is 11.6 Å². The predicted molar refractivity (Wildman–Crippen MR) is 85.2 cm³/mol. The molecule has 3 aliphatic rings. The lowest BCUT2D eigenvalue weighted by Crippen LogP contribution is -2.34. The quantitative estimate of drug-likeness (QED) is 0.898. The Morgan fingerprint density at radius 3 is 2.74 bits per heavy atom. The Kier molecular flexibility index (Phi) is 4.36. The second-order valence-corrected chi connectivity index (χ2v) is 7.02. The fourth-order valence-corrected chi connectivity index (χ4v) is 4.33. The molecule has 2 aliphatic carbocycles. The van der Waals surface area contributed by atoms with E-state index in [1.165, 1.54) is 6.07 Å². The number of nitrogens with two attached hydrogens (primary N) is 1. The highest BCUT2D eigenvalue weighted by Crippen LogP contribution is 2.50. The van der Waals surface area contributed by atoms with Crippen LogP contribution in [0, 0.1) is 29.4 Å². The van der Waals surface area contributed by atoms with Gasteiger partial charge in [0, 0.05) is 25.0 Å². The van der Waals surface area contributed by atoms with Crippen molar-refractivity contribution in [3.05, 3.63) is 35.4 Å². The molecule has 3 fully saturated rings. The van der Waals surface area contributed by atoms with Gasteiger partial charge in [0.1, 0.15) is 11.6 Å². The van der Waals surface area contributed by atoms with Crippen LogP contribution in [0.5, 0.6) is 0 Å². The number of carbonyl (C=O) groups excluding carboxylic acids is 1. The number of hydrogen-bond donors (Lipinski definition) is 1. The van der Waals surface area contributed by atoms with Gasteiger partial charge in [0.2, 0.25) is 5.91 Å². The Balaban J connectivity index is 0.00000156. The van der Waals surface area contributed by atoms with Gasteiger partial charge in [0.05, 0.1) is 0 Å². The smallest absolute Gasteiger partial charge is 0.226 e. The van der Waals surface area contributed by atoms with E-state index in [9.17, 15) is 13.6 Å². The third kappa shape index (κ3) is 2.85. The van der Waals surface area contributed by atoms with E-state index in [1.807, 2.05) is 4.90 Å². The molecule has 1 amide bonds. The number of benzene rings is 1. The summed E-state index contributed by atoms with van der Waals surface area (Å²) in [5.74, 6) is -0.175. The second kappa shape index (κ2) is 6.02. The number of nitrogens with zero attached hydrogens (tertiary/aromatic N) is 1. The van der Waals surface area contributed by atoms with Crippen molar-refractivity contribution in [1.82, 2.24) is 4.90 Å². The zero-order valence-electron chi connectivity index (χ0n) is 12.8. The first-order valence-corrected chi connectivity index (χ1v) is 8.04. The molecular weight excluding hydrogens is 322 g/mol. The van der Waals surface area contributed by atoms with Crippen molar-refractivity contribution in [2.24, 2.45) is 23.5 Å². The summed E-state index contributed by atoms with van der Waals surface area (Å²) in [6.45, 7) is 1.52. The molecule has 126 valence electrons. The van der Waals surface area contributed by atoms with Crippen LogP contribution in [0.15, 0.2) is 18.2 Å². The molecule has 5 atom stereocenters. The van der Waals surface area contributed by atoms with E-state index >= 15 is 0 Å². The van der Waals surface area contributed by atoms with Crippen LogP contribution in [0.2, 0.25) is 0 Å². The zero-order chi connectivity index (χ0) is 15.4. The minimum atomic E-state index is -0.448. The fraction of sp³-hybridized carbons (Fsp3) is 0.588. The van der Waals surface area contributed by atoms with Crippen LogP contribution >= 0.6 is 12.4 Å². The number of carbonyl (C=O) groups is 1. The minimum absolute atomic E-state index is 0. The number of rotatable bonds is 2. The third-order valence-electron chi connectivity index (χ3n) is 5.69. The van der Waals surface area contributed by atoms with Crippen LogP contribution in [-0.2, 0) is 4.79 Å². The number of hydrogen-bond acceptors (Lipinski definition) is 2. The summed E-state index contributed by atoms with van der Waals surface area (Å²) < 4.78 is 27.1. The topological polar surface area (TPSA) is 46.3 Å². The monoisotopic (exact) mass is 342 g/mol. The van der Waals surface area contributed by atoms with Crippen LogP contribution in [0.25, 0.3) is 0 Å². The molecule has 1 aromatic rings. The molecule has 1 saturated heterocycles. The Labute approximate surface area is 140 Å². The largest absolute Gasteiger partial charge is 0.342 e. The van der Waals surface area contributed by atoms with Crippen LogP contribution < -0.4 is 5.73 Å². The highest BCUT2D eigenvalue weighted by atomic mass is 35.5.